The third-order valence-electron chi connectivity index (χ3n) is 27.6. The molecule has 774 valence electrons. The summed E-state index contributed by atoms with van der Waals surface area (Å²) in [4.78, 5) is 91.9. The van der Waals surface area contributed by atoms with Crippen LogP contribution >= 0.6 is 91.1 Å². The molecule has 10 aliphatic rings. The highest BCUT2D eigenvalue weighted by atomic mass is 79.9. The number of rotatable bonds is 21. The van der Waals surface area contributed by atoms with Crippen molar-refractivity contribution in [3.05, 3.63) is 216 Å². The number of fused-ring (bicyclic) bond motifs is 17. The molecule has 11 aromatic heterocycles. The van der Waals surface area contributed by atoms with E-state index in [-0.39, 0.29) is 47.6 Å². The first-order chi connectivity index (χ1) is 70.0. The summed E-state index contributed by atoms with van der Waals surface area (Å²) in [7, 11) is 7.83. The third-order valence-corrected chi connectivity index (χ3v) is 36.8. The Morgan fingerprint density at radius 3 is 1.51 bits per heavy atom. The highest BCUT2D eigenvalue weighted by Crippen LogP contribution is 2.48. The summed E-state index contributed by atoms with van der Waals surface area (Å²) >= 11 is 14.1. The summed E-state index contributed by atoms with van der Waals surface area (Å²) in [6.45, 7) is 4.87. The quantitative estimate of drug-likeness (QED) is 0.00849. The third kappa shape index (κ3) is 28.8. The summed E-state index contributed by atoms with van der Waals surface area (Å²) < 4.78 is 21.0. The van der Waals surface area contributed by atoms with Crippen molar-refractivity contribution in [2.24, 2.45) is 9.98 Å². The number of aliphatic hydroxyl groups excluding tert-OH is 3. The number of benzene rings is 2. The number of aldehydes is 1. The number of nitrogens with one attached hydrogen (secondary N) is 1. The fraction of sp³-hybridized carbons (Fsp3) is 0.541. The predicted molar refractivity (Wildman–Crippen MR) is 586 cm³/mol. The fourth-order valence-electron chi connectivity index (χ4n) is 20.5. The van der Waals surface area contributed by atoms with Crippen molar-refractivity contribution >= 4 is 157 Å². The van der Waals surface area contributed by atoms with E-state index in [0.29, 0.717) is 24.6 Å². The average Bonchev–Trinajstić information content (AvgIpc) is 1.60. The van der Waals surface area contributed by atoms with E-state index in [2.05, 4.69) is 118 Å². The number of aryl methyl sites for hydroxylation is 15. The highest BCUT2D eigenvalue weighted by Gasteiger charge is 2.41. The Hall–Kier alpha value is -8.85. The van der Waals surface area contributed by atoms with Crippen molar-refractivity contribution in [2.75, 3.05) is 47.1 Å². The van der Waals surface area contributed by atoms with Gasteiger partial charge >= 0.3 is 17.1 Å². The van der Waals surface area contributed by atoms with Crippen LogP contribution in [0.2, 0.25) is 0 Å². The number of anilines is 1. The van der Waals surface area contributed by atoms with Gasteiger partial charge in [0.05, 0.1) is 96.5 Å². The Kier molecular flexibility index (Phi) is 42.1. The van der Waals surface area contributed by atoms with Gasteiger partial charge in [-0.25, -0.2) is 49.1 Å². The number of ether oxygens (including phenoxy) is 2. The zero-order valence-electron chi connectivity index (χ0n) is 84.7. The van der Waals surface area contributed by atoms with Gasteiger partial charge in [-0.3, -0.25) is 22.4 Å². The molecule has 23 rings (SSSR count). The molecule has 26 nitrogen and oxygen atoms in total. The number of aromatic nitrogens is 11. The van der Waals surface area contributed by atoms with E-state index in [4.69, 9.17) is 15.2 Å². The summed E-state index contributed by atoms with van der Waals surface area (Å²) in [5, 5.41) is 36.5. The van der Waals surface area contributed by atoms with Crippen molar-refractivity contribution in [1.82, 2.24) is 67.5 Å². The van der Waals surface area contributed by atoms with Crippen molar-refractivity contribution in [2.45, 2.75) is 340 Å². The zero-order chi connectivity index (χ0) is 99.3. The summed E-state index contributed by atoms with van der Waals surface area (Å²) in [5.74, 6) is -0.403. The van der Waals surface area contributed by atoms with Crippen LogP contribution in [-0.4, -0.2) is 155 Å². The number of unbranched alkanes of at least 4 members (excludes halogenated alkanes) is 1. The van der Waals surface area contributed by atoms with Gasteiger partial charge in [0.25, 0.3) is 0 Å². The van der Waals surface area contributed by atoms with Crippen molar-refractivity contribution in [3.8, 4) is 0 Å². The summed E-state index contributed by atoms with van der Waals surface area (Å²) in [6, 6.07) is 21.0. The maximum atomic E-state index is 11.9. The number of allylic oxidation sites excluding steroid dienone is 2. The van der Waals surface area contributed by atoms with E-state index < -0.39 is 12.2 Å². The lowest BCUT2D eigenvalue weighted by Crippen LogP contribution is -3.00. The number of carbonyl (C=O) groups is 3. The Bertz CT molecular complexity index is 6370. The number of halogens is 1. The molecule has 0 bridgehead atoms. The Balaban J connectivity index is 0.000000125. The number of nitrogens with two attached hydrogens (primary N) is 1. The standard InChI is InChI=1S/C21H26N2OS.C19H22N2OS.C15H24N3O2S.C13H18N2O2S.C11H17N3S.C11H14N2OS.C11H12N2OS.C8H12N2S.BrH/c24-19(13-8-7-11-16-9-3-1-4-10-16)18-15-22-21-23(18)17-12-5-2-6-14-20(17)25-21;22-17(12-11-14-7-3-1-4-8-14)16-13-20-19-21(16)15-9-5-2-6-10-18(15)23-19;1-4-20-14(19)10-18-12-8-6-5-7-9-13(12)21-15(18)16-11-17(2)3;1-2-17-12(16)10-8-14-13-15(10)9-6-4-3-5-7-11(9)18-13;1-14(2)8-12-11-13-9-6-4-3-5-7-10(9)15-11;2*14-7-8-6-12-11-13(8)9-4-2-1-3-5-10(9)15-11;9-8-10-6-4-2-1-3-5-7(6)11-8;/h1,3-4,9-10,15,19,24H,2,5-8,11-14H2;1,3-4,7-8,13,17,22H,2,5-6,9-12H2;11H,4-10H2,1-3H3;8,13-14H,2-7H2,1H3;8H,3-7H2,1-2H3;6,14H,1-5,7H2;6-7H,1-5H2;1-5H2,(H2,9,10);1H/q;;+1;;;;;;/p-1. The van der Waals surface area contributed by atoms with E-state index in [9.17, 15) is 29.7 Å². The molecule has 0 saturated heterocycles. The van der Waals surface area contributed by atoms with Crippen molar-refractivity contribution in [3.63, 3.8) is 0 Å². The topological polar surface area (TPSA) is 302 Å². The molecule has 0 radical (unpaired) electrons. The molecule has 6 N–H and O–H groups in total. The maximum Gasteiger partial charge on any atom is 0.384 e. The second-order valence-corrected chi connectivity index (χ2v) is 47.3. The molecule has 0 fully saturated rings. The molecular formula is C109H145BrN18O8S8. The van der Waals surface area contributed by atoms with Gasteiger partial charge in [0.2, 0.25) is 11.5 Å². The zero-order valence-corrected chi connectivity index (χ0v) is 92.9. The number of esters is 2. The van der Waals surface area contributed by atoms with Gasteiger partial charge in [-0.1, -0.05) is 142 Å². The number of thioether (sulfide) groups is 1. The Morgan fingerprint density at radius 2 is 0.958 bits per heavy atom. The Labute approximate surface area is 891 Å². The van der Waals surface area contributed by atoms with Crippen LogP contribution in [0.4, 0.5) is 15.4 Å². The number of aliphatic imine (C=N–C) groups is 2. The Morgan fingerprint density at radius 1 is 0.500 bits per heavy atom. The van der Waals surface area contributed by atoms with E-state index in [1.165, 1.54) is 282 Å². The molecular weight excluding hydrogens is 2030 g/mol. The van der Waals surface area contributed by atoms with Gasteiger partial charge in [0.15, 0.2) is 43.3 Å². The van der Waals surface area contributed by atoms with Crippen LogP contribution in [0.15, 0.2) is 118 Å². The minimum atomic E-state index is -0.452. The number of nitrogen functional groups attached to an aromatic ring is 1. The minimum Gasteiger partial charge on any atom is -1.00 e. The van der Waals surface area contributed by atoms with Crippen LogP contribution in [0, 0.1) is 0 Å². The highest BCUT2D eigenvalue weighted by molar-refractivity contribution is 8.03. The SMILES string of the molecule is CCOC(=O)C1=CNC2SC3=C(CCCCC3)N12.CCOC(=O)C[n+]1c(N=CN(C)C)sc2c1CCCCC2.CN(C)C=Nc1nc2c(s1)CCCCC2.Nc1nc2c(s1)CCCCC2.O=Cc1cnc2sc3c(n12)CCCCC3.OC(CCCCc1ccccc1)c1cnc2sc3c(n12)CCCCC3.OC(CCc1ccccc1)c1cnc2sc3c(n12)CCCCC3.OCc1cnc2sc3c(n12)CCCCC3.[Br-]. The predicted octanol–water partition coefficient (Wildman–Crippen LogP) is 20.3. The smallest absolute Gasteiger partial charge is 0.384 e. The number of hydrogen-bond donors (Lipinski definition) is 5. The molecule has 35 heteroatoms. The lowest BCUT2D eigenvalue weighted by molar-refractivity contribution is -0.676. The molecule has 144 heavy (non-hydrogen) atoms. The van der Waals surface area contributed by atoms with Crippen molar-refractivity contribution < 1.29 is 60.7 Å². The number of thiazole rings is 7. The van der Waals surface area contributed by atoms with Gasteiger partial charge in [0, 0.05) is 103 Å². The normalized spacial score (nSPS) is 17.2. The number of aliphatic hydroxyl groups is 3. The lowest BCUT2D eigenvalue weighted by Gasteiger charge is -2.23. The molecule has 0 saturated carbocycles. The average molecular weight is 2170 g/mol. The maximum absolute atomic E-state index is 11.9. The summed E-state index contributed by atoms with van der Waals surface area (Å²) in [6.07, 6.45) is 67.3. The first-order valence-electron chi connectivity index (χ1n) is 52.6. The van der Waals surface area contributed by atoms with E-state index in [0.717, 1.165) is 168 Å². The van der Waals surface area contributed by atoms with Crippen LogP contribution < -0.4 is 32.6 Å². The van der Waals surface area contributed by atoms with Crippen LogP contribution in [0.25, 0.3) is 19.8 Å². The molecule has 0 amide bonds. The number of hydrogen-bond acceptors (Lipinski definition) is 27. The second kappa shape index (κ2) is 55.4. The fourth-order valence-corrected chi connectivity index (χ4v) is 29.7. The van der Waals surface area contributed by atoms with Crippen LogP contribution in [0.3, 0.4) is 0 Å². The largest absolute Gasteiger partial charge is 1.00 e. The van der Waals surface area contributed by atoms with Gasteiger partial charge in [0.1, 0.15) is 17.1 Å². The lowest BCUT2D eigenvalue weighted by atomic mass is 10.0. The molecule has 3 atom stereocenters. The number of imidazole rings is 4. The van der Waals surface area contributed by atoms with E-state index in [1.807, 2.05) is 109 Å². The first-order valence-corrected chi connectivity index (χ1v) is 59.1. The second-order valence-electron chi connectivity index (χ2n) is 38.7. The van der Waals surface area contributed by atoms with E-state index in [1.54, 1.807) is 93.0 Å². The van der Waals surface area contributed by atoms with Gasteiger partial charge in [-0.05, 0) is 272 Å². The van der Waals surface area contributed by atoms with Crippen molar-refractivity contribution in [1.29, 1.82) is 0 Å². The van der Waals surface area contributed by atoms with Crippen LogP contribution in [-0.2, 0) is 135 Å². The van der Waals surface area contributed by atoms with E-state index >= 15 is 0 Å². The van der Waals surface area contributed by atoms with Crippen LogP contribution in [0.5, 0.6) is 0 Å². The first kappa shape index (κ1) is 109. The molecule has 8 aliphatic carbocycles. The minimum absolute atomic E-state index is 0. The molecule has 2 aromatic carbocycles. The van der Waals surface area contributed by atoms with Gasteiger partial charge in [-0.2, -0.15) is 0 Å². The number of nitrogens with zero attached hydrogens (tertiary/aromatic N) is 16. The van der Waals surface area contributed by atoms with Gasteiger partial charge < -0.3 is 67.5 Å². The molecule has 0 spiro atoms. The molecule has 2 aliphatic heterocycles. The number of carbonyl (C=O) groups excluding carboxylic acids is 3. The molecule has 13 aromatic rings. The molecule has 3 unspecified atom stereocenters. The summed E-state index contributed by atoms with van der Waals surface area (Å²) in [5.41, 5.74) is 23.4. The molecule has 13 heterocycles. The van der Waals surface area contributed by atoms with Gasteiger partial charge in [-0.15, -0.1) is 56.7 Å². The van der Waals surface area contributed by atoms with Crippen LogP contribution in [0.1, 0.15) is 331 Å². The monoisotopic (exact) mass is 2170 g/mol.